The topological polar surface area (TPSA) is 133 Å². The van der Waals surface area contributed by atoms with Crippen molar-refractivity contribution >= 4 is 39.3 Å². The third-order valence-electron chi connectivity index (χ3n) is 3.25. The maximum atomic E-state index is 12.2. The zero-order valence-electron chi connectivity index (χ0n) is 13.2. The van der Waals surface area contributed by atoms with Crippen molar-refractivity contribution in [3.63, 3.8) is 0 Å². The van der Waals surface area contributed by atoms with Crippen molar-refractivity contribution in [1.29, 1.82) is 0 Å². The molecular weight excluding hydrogens is 372 g/mol. The first kappa shape index (κ1) is 19.2. The Kier molecular flexibility index (Phi) is 5.98. The normalized spacial score (nSPS) is 15.1. The Morgan fingerprint density at radius 2 is 1.84 bits per heavy atom. The Morgan fingerprint density at radius 3 is 2.44 bits per heavy atom. The van der Waals surface area contributed by atoms with Crippen molar-refractivity contribution in [3.8, 4) is 0 Å². The lowest BCUT2D eigenvalue weighted by atomic mass is 10.3. The minimum absolute atomic E-state index is 0.00242. The standard InChI is InChI=1S/C14H17ClN4O5S/c1-8(19-25(23,24)11-4-2-3-9(15)7-11)12(20)17-18-14(22)13(21)16-10-5-6-10/h2-4,7-8,10,19H,5-6H2,1H3,(H,16,21)(H,17,20)(H,18,22)/t8-/m0/s1. The Bertz CT molecular complexity index is 794. The van der Waals surface area contributed by atoms with E-state index in [1.54, 1.807) is 0 Å². The van der Waals surface area contributed by atoms with E-state index in [-0.39, 0.29) is 16.0 Å². The molecule has 0 heterocycles. The highest BCUT2D eigenvalue weighted by molar-refractivity contribution is 7.89. The second-order valence-electron chi connectivity index (χ2n) is 5.49. The highest BCUT2D eigenvalue weighted by Gasteiger charge is 2.27. The van der Waals surface area contributed by atoms with Crippen LogP contribution in [0.4, 0.5) is 0 Å². The van der Waals surface area contributed by atoms with E-state index < -0.39 is 33.8 Å². The van der Waals surface area contributed by atoms with Crippen molar-refractivity contribution in [2.45, 2.75) is 36.7 Å². The molecule has 0 unspecified atom stereocenters. The van der Waals surface area contributed by atoms with Gasteiger partial charge in [0.1, 0.15) is 0 Å². The predicted octanol–water partition coefficient (Wildman–Crippen LogP) is -0.567. The summed E-state index contributed by atoms with van der Waals surface area (Å²) in [4.78, 5) is 34.7. The van der Waals surface area contributed by atoms with Gasteiger partial charge in [0, 0.05) is 11.1 Å². The van der Waals surface area contributed by atoms with Gasteiger partial charge in [-0.05, 0) is 38.0 Å². The molecule has 9 nitrogen and oxygen atoms in total. The Labute approximate surface area is 149 Å². The fraction of sp³-hybridized carbons (Fsp3) is 0.357. The van der Waals surface area contributed by atoms with Crippen molar-refractivity contribution < 1.29 is 22.8 Å². The summed E-state index contributed by atoms with van der Waals surface area (Å²) in [7, 11) is -3.98. The SMILES string of the molecule is C[C@H](NS(=O)(=O)c1cccc(Cl)c1)C(=O)NNC(=O)C(=O)NC1CC1. The molecule has 136 valence electrons. The number of hydrazine groups is 1. The first-order valence-corrected chi connectivity index (χ1v) is 9.24. The number of amides is 3. The van der Waals surface area contributed by atoms with Crippen LogP contribution >= 0.6 is 11.6 Å². The van der Waals surface area contributed by atoms with Crippen LogP contribution in [0, 0.1) is 0 Å². The molecule has 0 aromatic heterocycles. The molecule has 1 aliphatic carbocycles. The lowest BCUT2D eigenvalue weighted by molar-refractivity contribution is -0.141. The van der Waals surface area contributed by atoms with E-state index in [4.69, 9.17) is 11.6 Å². The molecule has 0 radical (unpaired) electrons. The van der Waals surface area contributed by atoms with Crippen LogP contribution in [0.3, 0.4) is 0 Å². The van der Waals surface area contributed by atoms with Crippen LogP contribution in [0.5, 0.6) is 0 Å². The van der Waals surface area contributed by atoms with Crippen molar-refractivity contribution in [3.05, 3.63) is 29.3 Å². The Balaban J connectivity index is 1.86. The molecule has 1 aromatic carbocycles. The quantitative estimate of drug-likeness (QED) is 0.396. The number of hydrogen-bond donors (Lipinski definition) is 4. The van der Waals surface area contributed by atoms with Gasteiger partial charge in [0.05, 0.1) is 10.9 Å². The maximum Gasteiger partial charge on any atom is 0.327 e. The minimum atomic E-state index is -3.98. The molecule has 1 fully saturated rings. The van der Waals surface area contributed by atoms with Crippen LogP contribution in [-0.4, -0.2) is 38.2 Å². The van der Waals surface area contributed by atoms with Crippen LogP contribution in [0.1, 0.15) is 19.8 Å². The van der Waals surface area contributed by atoms with Crippen molar-refractivity contribution in [2.75, 3.05) is 0 Å². The number of halogens is 1. The van der Waals surface area contributed by atoms with E-state index >= 15 is 0 Å². The summed E-state index contributed by atoms with van der Waals surface area (Å²) < 4.78 is 26.5. The fourth-order valence-electron chi connectivity index (χ4n) is 1.75. The van der Waals surface area contributed by atoms with Gasteiger partial charge in [0.15, 0.2) is 0 Å². The maximum absolute atomic E-state index is 12.2. The summed E-state index contributed by atoms with van der Waals surface area (Å²) in [5, 5.41) is 2.68. The van der Waals surface area contributed by atoms with E-state index in [0.29, 0.717) is 0 Å². The summed E-state index contributed by atoms with van der Waals surface area (Å²) >= 11 is 5.75. The first-order valence-electron chi connectivity index (χ1n) is 7.37. The molecule has 25 heavy (non-hydrogen) atoms. The first-order chi connectivity index (χ1) is 11.7. The van der Waals surface area contributed by atoms with Crippen LogP contribution in [0.25, 0.3) is 0 Å². The summed E-state index contributed by atoms with van der Waals surface area (Å²) in [6.07, 6.45) is 1.63. The number of nitrogens with one attached hydrogen (secondary N) is 4. The summed E-state index contributed by atoms with van der Waals surface area (Å²) in [6.45, 7) is 1.29. The average molecular weight is 389 g/mol. The van der Waals surface area contributed by atoms with Crippen LogP contribution in [0.2, 0.25) is 5.02 Å². The van der Waals surface area contributed by atoms with Gasteiger partial charge in [0.25, 0.3) is 5.91 Å². The van der Waals surface area contributed by atoms with Gasteiger partial charge in [0.2, 0.25) is 10.0 Å². The van der Waals surface area contributed by atoms with Gasteiger partial charge >= 0.3 is 11.8 Å². The highest BCUT2D eigenvalue weighted by atomic mass is 35.5. The fourth-order valence-corrected chi connectivity index (χ4v) is 3.25. The van der Waals surface area contributed by atoms with Crippen LogP contribution < -0.4 is 20.9 Å². The third kappa shape index (κ3) is 5.69. The second-order valence-corrected chi connectivity index (χ2v) is 7.64. The average Bonchev–Trinajstić information content (AvgIpc) is 3.35. The molecule has 0 bridgehead atoms. The number of hydrogen-bond acceptors (Lipinski definition) is 5. The van der Waals surface area contributed by atoms with Gasteiger partial charge < -0.3 is 5.32 Å². The zero-order chi connectivity index (χ0) is 18.6. The van der Waals surface area contributed by atoms with Crippen molar-refractivity contribution in [1.82, 2.24) is 20.9 Å². The van der Waals surface area contributed by atoms with E-state index in [0.717, 1.165) is 12.8 Å². The molecule has 0 aliphatic heterocycles. The largest absolute Gasteiger partial charge is 0.345 e. The summed E-state index contributed by atoms with van der Waals surface area (Å²) in [5.41, 5.74) is 3.91. The lowest BCUT2D eigenvalue weighted by Crippen LogP contribution is -2.54. The Morgan fingerprint density at radius 1 is 1.16 bits per heavy atom. The molecule has 3 amide bonds. The number of rotatable bonds is 5. The third-order valence-corrected chi connectivity index (χ3v) is 5.02. The zero-order valence-corrected chi connectivity index (χ0v) is 14.8. The molecule has 1 aromatic rings. The molecule has 0 spiro atoms. The molecule has 11 heteroatoms. The molecule has 1 saturated carbocycles. The number of carbonyl (C=O) groups is 3. The lowest BCUT2D eigenvalue weighted by Gasteiger charge is -2.15. The van der Waals surface area contributed by atoms with E-state index in [1.165, 1.54) is 31.2 Å². The van der Waals surface area contributed by atoms with E-state index in [9.17, 15) is 22.8 Å². The second kappa shape index (κ2) is 7.81. The predicted molar refractivity (Wildman–Crippen MR) is 88.7 cm³/mol. The highest BCUT2D eigenvalue weighted by Crippen LogP contribution is 2.18. The summed E-state index contributed by atoms with van der Waals surface area (Å²) in [5.74, 6) is -2.74. The monoisotopic (exact) mass is 388 g/mol. The number of sulfonamides is 1. The molecule has 2 rings (SSSR count). The Hall–Kier alpha value is -2.17. The van der Waals surface area contributed by atoms with E-state index in [1.807, 2.05) is 10.9 Å². The van der Waals surface area contributed by atoms with Gasteiger partial charge in [-0.25, -0.2) is 8.42 Å². The molecular formula is C14H17ClN4O5S. The number of benzene rings is 1. The minimum Gasteiger partial charge on any atom is -0.345 e. The van der Waals surface area contributed by atoms with Gasteiger partial charge in [-0.3, -0.25) is 25.2 Å². The van der Waals surface area contributed by atoms with Gasteiger partial charge in [-0.15, -0.1) is 0 Å². The summed E-state index contributed by atoms with van der Waals surface area (Å²) in [6, 6.07) is 4.33. The van der Waals surface area contributed by atoms with Gasteiger partial charge in [-0.2, -0.15) is 4.72 Å². The molecule has 4 N–H and O–H groups in total. The van der Waals surface area contributed by atoms with Crippen LogP contribution in [-0.2, 0) is 24.4 Å². The van der Waals surface area contributed by atoms with Gasteiger partial charge in [-0.1, -0.05) is 17.7 Å². The van der Waals surface area contributed by atoms with Crippen molar-refractivity contribution in [2.24, 2.45) is 0 Å². The van der Waals surface area contributed by atoms with E-state index in [2.05, 4.69) is 10.0 Å². The molecule has 1 aliphatic rings. The van der Waals surface area contributed by atoms with Crippen LogP contribution in [0.15, 0.2) is 29.2 Å². The molecule has 0 saturated heterocycles. The molecule has 1 atom stereocenters. The smallest absolute Gasteiger partial charge is 0.327 e. The number of carbonyl (C=O) groups excluding carboxylic acids is 3.